The van der Waals surface area contributed by atoms with Gasteiger partial charge in [0.15, 0.2) is 0 Å². The number of benzene rings is 1. The summed E-state index contributed by atoms with van der Waals surface area (Å²) >= 11 is 5.67. The highest BCUT2D eigenvalue weighted by molar-refractivity contribution is 6.31. The van der Waals surface area contributed by atoms with Crippen LogP contribution in [0.25, 0.3) is 0 Å². The van der Waals surface area contributed by atoms with E-state index in [4.69, 9.17) is 11.6 Å². The zero-order chi connectivity index (χ0) is 8.43. The summed E-state index contributed by atoms with van der Waals surface area (Å²) in [6.07, 6.45) is 0. The number of hydrogen-bond donors (Lipinski definition) is 0. The Labute approximate surface area is 69.4 Å². The molecule has 0 spiro atoms. The van der Waals surface area contributed by atoms with Gasteiger partial charge in [0.05, 0.1) is 5.56 Å². The van der Waals surface area contributed by atoms with Crippen LogP contribution < -0.4 is 0 Å². The molecule has 0 unspecified atom stereocenters. The molecule has 1 aromatic rings. The van der Waals surface area contributed by atoms with Gasteiger partial charge in [0.2, 0.25) is 0 Å². The molecule has 0 saturated carbocycles. The van der Waals surface area contributed by atoms with Crippen LogP contribution in [-0.2, 0) is 5.11 Å². The van der Waals surface area contributed by atoms with E-state index in [2.05, 4.69) is 0 Å². The molecule has 0 N–H and O–H groups in total. The third kappa shape index (κ3) is 1.52. The maximum atomic E-state index is 10.4. The third-order valence-corrected chi connectivity index (χ3v) is 1.90. The molecule has 57 valence electrons. The average molecular weight is 170 g/mol. The lowest BCUT2D eigenvalue weighted by molar-refractivity contribution is 0.0572. The number of rotatable bonds is 1. The van der Waals surface area contributed by atoms with E-state index in [1.807, 2.05) is 0 Å². The van der Waals surface area contributed by atoms with Crippen LogP contribution in [0.1, 0.15) is 15.9 Å². The normalized spacial score (nSPS) is 9.64. The second-order valence-electron chi connectivity index (χ2n) is 2.20. The summed E-state index contributed by atoms with van der Waals surface area (Å²) < 4.78 is 0. The largest absolute Gasteiger partial charge is 0.386 e. The minimum Gasteiger partial charge on any atom is -0.241 e. The van der Waals surface area contributed by atoms with Crippen molar-refractivity contribution in [1.82, 2.24) is 0 Å². The van der Waals surface area contributed by atoms with Crippen LogP contribution in [0.3, 0.4) is 0 Å². The Bertz CT molecular complexity index is 294. The topological polar surface area (TPSA) is 37.0 Å². The molecular weight excluding hydrogens is 164 g/mol. The van der Waals surface area contributed by atoms with Crippen molar-refractivity contribution in [1.29, 1.82) is 0 Å². The van der Waals surface area contributed by atoms with Gasteiger partial charge in [-0.1, -0.05) is 17.7 Å². The lowest BCUT2D eigenvalue weighted by Crippen LogP contribution is -1.97. The molecule has 0 fully saturated rings. The summed E-state index contributed by atoms with van der Waals surface area (Å²) in [7, 11) is 0. The van der Waals surface area contributed by atoms with Gasteiger partial charge in [-0.05, 0) is 24.6 Å². The third-order valence-electron chi connectivity index (χ3n) is 1.49. The van der Waals surface area contributed by atoms with Crippen LogP contribution in [-0.4, -0.2) is 5.97 Å². The highest BCUT2D eigenvalue weighted by atomic mass is 35.5. The first-order valence-electron chi connectivity index (χ1n) is 3.09. The summed E-state index contributed by atoms with van der Waals surface area (Å²) in [5, 5.41) is 10.9. The van der Waals surface area contributed by atoms with Crippen molar-refractivity contribution in [3.05, 3.63) is 34.3 Å². The molecule has 2 nitrogen and oxygen atoms in total. The molecule has 11 heavy (non-hydrogen) atoms. The Morgan fingerprint density at radius 2 is 2.09 bits per heavy atom. The van der Waals surface area contributed by atoms with Crippen LogP contribution >= 0.6 is 11.6 Å². The van der Waals surface area contributed by atoms with Gasteiger partial charge in [-0.2, -0.15) is 0 Å². The summed E-state index contributed by atoms with van der Waals surface area (Å²) in [5.41, 5.74) is 0.701. The predicted molar refractivity (Wildman–Crippen MR) is 41.2 cm³/mol. The van der Waals surface area contributed by atoms with Crippen molar-refractivity contribution < 1.29 is 9.90 Å². The predicted octanol–water partition coefficient (Wildman–Crippen LogP) is 2.22. The van der Waals surface area contributed by atoms with E-state index >= 15 is 0 Å². The molecule has 0 saturated heterocycles. The van der Waals surface area contributed by atoms with Gasteiger partial charge in [-0.25, -0.2) is 9.90 Å². The second-order valence-corrected chi connectivity index (χ2v) is 2.61. The first-order valence-corrected chi connectivity index (χ1v) is 3.47. The molecule has 0 aliphatic heterocycles. The Balaban J connectivity index is 3.27. The van der Waals surface area contributed by atoms with E-state index in [9.17, 15) is 9.90 Å². The van der Waals surface area contributed by atoms with Gasteiger partial charge in [0.1, 0.15) is 0 Å². The average Bonchev–Trinajstić information content (AvgIpc) is 1.94. The molecule has 0 aliphatic carbocycles. The molecule has 0 aliphatic rings. The smallest absolute Gasteiger partial charge is 0.241 e. The molecule has 0 heterocycles. The van der Waals surface area contributed by atoms with Crippen LogP contribution in [0.5, 0.6) is 0 Å². The highest BCUT2D eigenvalue weighted by Gasteiger charge is 2.09. The maximum absolute atomic E-state index is 10.4. The van der Waals surface area contributed by atoms with Crippen molar-refractivity contribution in [2.45, 2.75) is 6.92 Å². The Morgan fingerprint density at radius 3 is 2.55 bits per heavy atom. The van der Waals surface area contributed by atoms with Gasteiger partial charge in [0.25, 0.3) is 0 Å². The van der Waals surface area contributed by atoms with Gasteiger partial charge in [0, 0.05) is 5.02 Å². The molecule has 0 amide bonds. The van der Waals surface area contributed by atoms with E-state index in [1.165, 1.54) is 6.07 Å². The first kappa shape index (κ1) is 8.08. The molecule has 0 bridgehead atoms. The Kier molecular flexibility index (Phi) is 2.15. The van der Waals surface area contributed by atoms with Crippen LogP contribution in [0, 0.1) is 6.92 Å². The van der Waals surface area contributed by atoms with Crippen LogP contribution in [0.4, 0.5) is 0 Å². The van der Waals surface area contributed by atoms with Gasteiger partial charge >= 0.3 is 5.97 Å². The highest BCUT2D eigenvalue weighted by Crippen LogP contribution is 2.18. The van der Waals surface area contributed by atoms with Crippen LogP contribution in [0.2, 0.25) is 5.02 Å². The van der Waals surface area contributed by atoms with Crippen molar-refractivity contribution in [2.24, 2.45) is 0 Å². The maximum Gasteiger partial charge on any atom is 0.386 e. The van der Waals surface area contributed by atoms with E-state index in [-0.39, 0.29) is 5.56 Å². The molecule has 1 radical (unpaired) electrons. The lowest BCUT2D eigenvalue weighted by atomic mass is 10.1. The first-order chi connectivity index (χ1) is 5.13. The quantitative estimate of drug-likeness (QED) is 0.635. The standard InChI is InChI=1S/C8H6ClO2/c1-5-6(8(10)11)3-2-4-7(5)9/h2-4H,1H3. The van der Waals surface area contributed by atoms with Gasteiger partial charge in [-0.3, -0.25) is 0 Å². The van der Waals surface area contributed by atoms with Crippen molar-refractivity contribution in [3.8, 4) is 0 Å². The number of hydrogen-bond acceptors (Lipinski definition) is 1. The lowest BCUT2D eigenvalue weighted by Gasteiger charge is -1.99. The van der Waals surface area contributed by atoms with Gasteiger partial charge < -0.3 is 0 Å². The summed E-state index contributed by atoms with van der Waals surface area (Å²) in [5.74, 6) is -1.19. The summed E-state index contributed by atoms with van der Waals surface area (Å²) in [6, 6.07) is 4.69. The van der Waals surface area contributed by atoms with E-state index < -0.39 is 5.97 Å². The van der Waals surface area contributed by atoms with E-state index in [1.54, 1.807) is 19.1 Å². The van der Waals surface area contributed by atoms with E-state index in [0.717, 1.165) is 0 Å². The van der Waals surface area contributed by atoms with Crippen molar-refractivity contribution >= 4 is 17.6 Å². The Morgan fingerprint density at radius 1 is 1.45 bits per heavy atom. The second kappa shape index (κ2) is 2.93. The Hall–Kier alpha value is -1.02. The summed E-state index contributed by atoms with van der Waals surface area (Å²) in [6.45, 7) is 1.65. The zero-order valence-electron chi connectivity index (χ0n) is 5.93. The molecule has 3 heteroatoms. The summed E-state index contributed by atoms with van der Waals surface area (Å²) in [4.78, 5) is 10.4. The zero-order valence-corrected chi connectivity index (χ0v) is 6.68. The van der Waals surface area contributed by atoms with Crippen molar-refractivity contribution in [2.75, 3.05) is 0 Å². The minimum absolute atomic E-state index is 0.150. The van der Waals surface area contributed by atoms with Crippen molar-refractivity contribution in [3.63, 3.8) is 0 Å². The SMILES string of the molecule is Cc1c(Cl)cccc1C([O])=O. The molecule has 0 atom stereocenters. The molecule has 1 rings (SSSR count). The number of halogens is 1. The monoisotopic (exact) mass is 169 g/mol. The minimum atomic E-state index is -1.19. The fourth-order valence-electron chi connectivity index (χ4n) is 0.829. The van der Waals surface area contributed by atoms with Gasteiger partial charge in [-0.15, -0.1) is 0 Å². The molecular formula is C8H6ClO2. The number of carbonyl (C=O) groups excluding carboxylic acids is 1. The van der Waals surface area contributed by atoms with Crippen LogP contribution in [0.15, 0.2) is 18.2 Å². The fourth-order valence-corrected chi connectivity index (χ4v) is 1.00. The fraction of sp³-hybridized carbons (Fsp3) is 0.125. The molecule has 1 aromatic carbocycles. The number of carbonyl (C=O) groups is 1. The molecule has 0 aromatic heterocycles. The van der Waals surface area contributed by atoms with E-state index in [0.29, 0.717) is 10.6 Å².